The summed E-state index contributed by atoms with van der Waals surface area (Å²) in [5.74, 6) is -0.908. The van der Waals surface area contributed by atoms with Gasteiger partial charge in [0, 0.05) is 24.6 Å². The number of nitrogens with one attached hydrogen (secondary N) is 1. The van der Waals surface area contributed by atoms with Gasteiger partial charge < -0.3 is 15.5 Å². The molecule has 6 nitrogen and oxygen atoms in total. The van der Waals surface area contributed by atoms with E-state index in [1.165, 1.54) is 12.4 Å². The third-order valence-electron chi connectivity index (χ3n) is 4.27. The zero-order valence-electron chi connectivity index (χ0n) is 14.6. The molecule has 0 saturated carbocycles. The lowest BCUT2D eigenvalue weighted by atomic mass is 10.2. The third kappa shape index (κ3) is 5.76. The van der Waals surface area contributed by atoms with Crippen LogP contribution >= 0.6 is 0 Å². The van der Waals surface area contributed by atoms with Gasteiger partial charge in [0.05, 0.1) is 0 Å². The Hall–Kier alpha value is -1.73. The summed E-state index contributed by atoms with van der Waals surface area (Å²) in [6, 6.07) is 2.42. The summed E-state index contributed by atoms with van der Waals surface area (Å²) in [5, 5.41) is 2.74. The van der Waals surface area contributed by atoms with Gasteiger partial charge >= 0.3 is 0 Å². The Labute approximate surface area is 138 Å². The van der Waals surface area contributed by atoms with Gasteiger partial charge in [0.2, 0.25) is 5.91 Å². The van der Waals surface area contributed by atoms with Crippen molar-refractivity contribution in [3.05, 3.63) is 30.1 Å². The Balaban J connectivity index is 2.60. The van der Waals surface area contributed by atoms with E-state index in [-0.39, 0.29) is 10.9 Å². The lowest BCUT2D eigenvalue weighted by Gasteiger charge is -2.36. The van der Waals surface area contributed by atoms with Crippen molar-refractivity contribution in [3.63, 3.8) is 0 Å². The largest absolute Gasteiger partial charge is 0.417 e. The average Bonchev–Trinajstić information content (AvgIpc) is 2.45. The Morgan fingerprint density at radius 1 is 1.30 bits per heavy atom. The molecule has 1 aromatic heterocycles. The number of rotatable bonds is 7. The molecule has 0 unspecified atom stereocenters. The van der Waals surface area contributed by atoms with E-state index in [2.05, 4.69) is 44.2 Å². The second-order valence-corrected chi connectivity index (χ2v) is 11.9. The van der Waals surface area contributed by atoms with E-state index < -0.39 is 20.3 Å². The number of nitrogens with zero attached hydrogens (tertiary/aromatic N) is 1. The first kappa shape index (κ1) is 19.3. The second kappa shape index (κ2) is 7.70. The Bertz CT molecular complexity index is 541. The first-order valence-corrected chi connectivity index (χ1v) is 10.6. The lowest BCUT2D eigenvalue weighted by molar-refractivity contribution is -0.120. The molecular weight excluding hydrogens is 310 g/mol. The highest BCUT2D eigenvalue weighted by atomic mass is 28.4. The molecule has 23 heavy (non-hydrogen) atoms. The molecule has 0 fully saturated rings. The maximum atomic E-state index is 12.1. The average molecular weight is 337 g/mol. The van der Waals surface area contributed by atoms with Crippen molar-refractivity contribution in [2.24, 2.45) is 5.73 Å². The van der Waals surface area contributed by atoms with Crippen molar-refractivity contribution in [1.82, 2.24) is 10.3 Å². The summed E-state index contributed by atoms with van der Waals surface area (Å²) < 4.78 is 6.03. The number of aromatic nitrogens is 1. The predicted octanol–water partition coefficient (Wildman–Crippen LogP) is 2.08. The Morgan fingerprint density at radius 2 is 1.87 bits per heavy atom. The molecule has 0 aliphatic carbocycles. The standard InChI is InChI=1S/C16H27N3O3Si/c1-16(2,3)23(4,5)22-11-8-13(14(17)20)19-15(21)12-6-9-18-10-7-12/h6-7,9-10,13H,8,11H2,1-5H3,(H2,17,20)(H,19,21)/t13-/m0/s1. The van der Waals surface area contributed by atoms with Gasteiger partial charge in [-0.25, -0.2) is 0 Å². The number of nitrogens with two attached hydrogens (primary N) is 1. The second-order valence-electron chi connectivity index (χ2n) is 7.06. The van der Waals surface area contributed by atoms with Crippen molar-refractivity contribution >= 4 is 20.1 Å². The molecule has 0 bridgehead atoms. The van der Waals surface area contributed by atoms with E-state index in [0.29, 0.717) is 18.6 Å². The molecule has 1 atom stereocenters. The highest BCUT2D eigenvalue weighted by Crippen LogP contribution is 2.36. The first-order chi connectivity index (χ1) is 10.5. The molecule has 3 N–H and O–H groups in total. The van der Waals surface area contributed by atoms with Gasteiger partial charge in [-0.2, -0.15) is 0 Å². The van der Waals surface area contributed by atoms with Gasteiger partial charge in [-0.3, -0.25) is 14.6 Å². The Morgan fingerprint density at radius 3 is 2.35 bits per heavy atom. The van der Waals surface area contributed by atoms with E-state index in [9.17, 15) is 9.59 Å². The van der Waals surface area contributed by atoms with Gasteiger partial charge in [0.15, 0.2) is 8.32 Å². The SMILES string of the molecule is CC(C)(C)[Si](C)(C)OCC[C@H](NC(=O)c1ccncc1)C(N)=O. The van der Waals surface area contributed by atoms with Gasteiger partial charge in [0.1, 0.15) is 6.04 Å². The van der Waals surface area contributed by atoms with E-state index >= 15 is 0 Å². The Kier molecular flexibility index (Phi) is 6.46. The zero-order valence-corrected chi connectivity index (χ0v) is 15.6. The molecule has 0 spiro atoms. The van der Waals surface area contributed by atoms with Crippen molar-refractivity contribution in [1.29, 1.82) is 0 Å². The molecule has 1 rings (SSSR count). The third-order valence-corrected chi connectivity index (χ3v) is 8.81. The van der Waals surface area contributed by atoms with Crippen molar-refractivity contribution < 1.29 is 14.0 Å². The summed E-state index contributed by atoms with van der Waals surface area (Å²) >= 11 is 0. The summed E-state index contributed by atoms with van der Waals surface area (Å²) in [4.78, 5) is 27.5. The van der Waals surface area contributed by atoms with Gasteiger partial charge in [-0.05, 0) is 36.7 Å². The number of hydrogen-bond acceptors (Lipinski definition) is 4. The van der Waals surface area contributed by atoms with E-state index in [1.807, 2.05) is 0 Å². The van der Waals surface area contributed by atoms with Crippen LogP contribution in [0.25, 0.3) is 0 Å². The van der Waals surface area contributed by atoms with Crippen molar-refractivity contribution in [2.75, 3.05) is 6.61 Å². The van der Waals surface area contributed by atoms with Crippen LogP contribution in [0.5, 0.6) is 0 Å². The molecule has 7 heteroatoms. The molecule has 1 heterocycles. The van der Waals surface area contributed by atoms with Crippen LogP contribution in [0.15, 0.2) is 24.5 Å². The molecule has 0 radical (unpaired) electrons. The van der Waals surface area contributed by atoms with E-state index in [1.54, 1.807) is 12.1 Å². The number of primary amides is 1. The van der Waals surface area contributed by atoms with Crippen LogP contribution in [0.1, 0.15) is 37.6 Å². The van der Waals surface area contributed by atoms with Crippen molar-refractivity contribution in [2.45, 2.75) is 51.4 Å². The fourth-order valence-corrected chi connectivity index (χ4v) is 2.74. The fraction of sp³-hybridized carbons (Fsp3) is 0.562. The predicted molar refractivity (Wildman–Crippen MR) is 92.5 cm³/mol. The number of carbonyl (C=O) groups is 2. The van der Waals surface area contributed by atoms with Crippen LogP contribution < -0.4 is 11.1 Å². The van der Waals surface area contributed by atoms with Crippen LogP contribution in [0.4, 0.5) is 0 Å². The van der Waals surface area contributed by atoms with Crippen molar-refractivity contribution in [3.8, 4) is 0 Å². The van der Waals surface area contributed by atoms with Gasteiger partial charge in [0.25, 0.3) is 5.91 Å². The normalized spacial score (nSPS) is 13.4. The van der Waals surface area contributed by atoms with Crippen LogP contribution in [-0.4, -0.2) is 37.8 Å². The minimum atomic E-state index is -1.88. The summed E-state index contributed by atoms with van der Waals surface area (Å²) in [6.45, 7) is 11.1. The number of hydrogen-bond donors (Lipinski definition) is 2. The maximum absolute atomic E-state index is 12.1. The van der Waals surface area contributed by atoms with E-state index in [4.69, 9.17) is 10.2 Å². The molecule has 1 aromatic rings. The summed E-state index contributed by atoms with van der Waals surface area (Å²) in [5.41, 5.74) is 5.83. The fourth-order valence-electron chi connectivity index (χ4n) is 1.68. The quantitative estimate of drug-likeness (QED) is 0.745. The lowest BCUT2D eigenvalue weighted by Crippen LogP contribution is -2.47. The van der Waals surface area contributed by atoms with Gasteiger partial charge in [-0.15, -0.1) is 0 Å². The van der Waals surface area contributed by atoms with E-state index in [0.717, 1.165) is 0 Å². The van der Waals surface area contributed by atoms with Crippen LogP contribution in [0.2, 0.25) is 18.1 Å². The number of carbonyl (C=O) groups excluding carboxylic acids is 2. The zero-order chi connectivity index (χ0) is 17.7. The highest BCUT2D eigenvalue weighted by Gasteiger charge is 2.37. The smallest absolute Gasteiger partial charge is 0.252 e. The summed E-state index contributed by atoms with van der Waals surface area (Å²) in [6.07, 6.45) is 3.40. The minimum absolute atomic E-state index is 0.0928. The van der Waals surface area contributed by atoms with Crippen LogP contribution in [-0.2, 0) is 9.22 Å². The molecule has 0 aromatic carbocycles. The molecule has 0 aliphatic rings. The first-order valence-electron chi connectivity index (χ1n) is 7.69. The maximum Gasteiger partial charge on any atom is 0.252 e. The number of pyridine rings is 1. The monoisotopic (exact) mass is 337 g/mol. The van der Waals surface area contributed by atoms with Crippen LogP contribution in [0.3, 0.4) is 0 Å². The highest BCUT2D eigenvalue weighted by molar-refractivity contribution is 6.74. The van der Waals surface area contributed by atoms with Crippen LogP contribution in [0, 0.1) is 0 Å². The molecule has 128 valence electrons. The van der Waals surface area contributed by atoms with Gasteiger partial charge in [-0.1, -0.05) is 20.8 Å². The summed E-state index contributed by atoms with van der Waals surface area (Å²) in [7, 11) is -1.88. The molecule has 2 amide bonds. The minimum Gasteiger partial charge on any atom is -0.417 e. The number of amides is 2. The molecule has 0 saturated heterocycles. The molecular formula is C16H27N3O3Si. The topological polar surface area (TPSA) is 94.3 Å². The molecule has 0 aliphatic heterocycles.